The zero-order valence-corrected chi connectivity index (χ0v) is 16.9. The largest absolute Gasteiger partial charge is 0.481 e. The molecule has 0 radical (unpaired) electrons. The molecular weight excluding hydrogens is 364 g/mol. The van der Waals surface area contributed by atoms with E-state index in [-0.39, 0.29) is 5.91 Å². The monoisotopic (exact) mass is 390 g/mol. The quantitative estimate of drug-likeness (QED) is 0.671. The van der Waals surface area contributed by atoms with Crippen LogP contribution in [0.4, 0.5) is 5.95 Å². The van der Waals surface area contributed by atoms with Crippen LogP contribution in [0.3, 0.4) is 0 Å². The molecule has 0 spiro atoms. The van der Waals surface area contributed by atoms with Gasteiger partial charge in [-0.2, -0.15) is 0 Å². The maximum absolute atomic E-state index is 12.8. The molecule has 2 heterocycles. The number of amides is 1. The number of hydrogen-bond acceptors (Lipinski definition) is 4. The highest BCUT2D eigenvalue weighted by Crippen LogP contribution is 2.23. The Hall–Kier alpha value is -3.28. The van der Waals surface area contributed by atoms with Crippen LogP contribution in [0.25, 0.3) is 11.1 Å². The molecule has 0 N–H and O–H groups in total. The summed E-state index contributed by atoms with van der Waals surface area (Å²) in [5.74, 6) is 1.67. The molecule has 1 saturated heterocycles. The van der Waals surface area contributed by atoms with Crippen molar-refractivity contribution < 1.29 is 9.53 Å². The first-order chi connectivity index (χ1) is 14.1. The van der Waals surface area contributed by atoms with Gasteiger partial charge < -0.3 is 19.1 Å². The standard InChI is InChI=1S/C23H26N4O2/c1-18(29-21-10-8-20(9-11-21)19-6-4-3-5-7-19)22(28)26-14-16-27(17-15-26)23-24-12-13-25(23)2/h3-13,18H,14-17H2,1-2H3/t18-/m1/s1. The minimum absolute atomic E-state index is 0.0247. The van der Waals surface area contributed by atoms with E-state index >= 15 is 0 Å². The van der Waals surface area contributed by atoms with Crippen LogP contribution in [0.5, 0.6) is 5.75 Å². The summed E-state index contributed by atoms with van der Waals surface area (Å²) >= 11 is 0. The van der Waals surface area contributed by atoms with Gasteiger partial charge in [0.2, 0.25) is 5.95 Å². The summed E-state index contributed by atoms with van der Waals surface area (Å²) in [6.45, 7) is 4.71. The maximum atomic E-state index is 12.8. The van der Waals surface area contributed by atoms with E-state index in [1.807, 2.05) is 72.1 Å². The summed E-state index contributed by atoms with van der Waals surface area (Å²) in [7, 11) is 1.98. The predicted octanol–water partition coefficient (Wildman–Crippen LogP) is 3.20. The number of aromatic nitrogens is 2. The number of imidazole rings is 1. The number of carbonyl (C=O) groups is 1. The van der Waals surface area contributed by atoms with E-state index in [0.717, 1.165) is 30.2 Å². The second-order valence-corrected chi connectivity index (χ2v) is 7.30. The second-order valence-electron chi connectivity index (χ2n) is 7.30. The SMILES string of the molecule is C[C@@H](Oc1ccc(-c2ccccc2)cc1)C(=O)N1CCN(c2nccn2C)CC1. The average molecular weight is 390 g/mol. The van der Waals surface area contributed by atoms with Crippen molar-refractivity contribution in [3.8, 4) is 16.9 Å². The van der Waals surface area contributed by atoms with Gasteiger partial charge in [0.1, 0.15) is 5.75 Å². The lowest BCUT2D eigenvalue weighted by molar-refractivity contribution is -0.138. The molecule has 1 aliphatic rings. The first-order valence-electron chi connectivity index (χ1n) is 9.95. The van der Waals surface area contributed by atoms with E-state index in [1.54, 1.807) is 6.20 Å². The van der Waals surface area contributed by atoms with Gasteiger partial charge in [-0.3, -0.25) is 4.79 Å². The second kappa shape index (κ2) is 8.39. The number of ether oxygens (including phenoxy) is 1. The number of carbonyl (C=O) groups excluding carboxylic acids is 1. The summed E-state index contributed by atoms with van der Waals surface area (Å²) < 4.78 is 7.92. The Morgan fingerprint density at radius 1 is 0.966 bits per heavy atom. The van der Waals surface area contributed by atoms with Crippen molar-refractivity contribution in [3.63, 3.8) is 0 Å². The predicted molar refractivity (Wildman–Crippen MR) is 114 cm³/mol. The smallest absolute Gasteiger partial charge is 0.263 e. The molecule has 3 aromatic rings. The molecule has 1 atom stereocenters. The first kappa shape index (κ1) is 19.1. The molecule has 150 valence electrons. The van der Waals surface area contributed by atoms with E-state index in [2.05, 4.69) is 22.0 Å². The third-order valence-corrected chi connectivity index (χ3v) is 5.29. The van der Waals surface area contributed by atoms with Gasteiger partial charge in [0.15, 0.2) is 6.10 Å². The maximum Gasteiger partial charge on any atom is 0.263 e. The minimum atomic E-state index is -0.516. The third-order valence-electron chi connectivity index (χ3n) is 5.29. The fraction of sp³-hybridized carbons (Fsp3) is 0.304. The number of aryl methyl sites for hydroxylation is 1. The molecule has 0 bridgehead atoms. The van der Waals surface area contributed by atoms with Gasteiger partial charge in [-0.05, 0) is 30.2 Å². The molecular formula is C23H26N4O2. The van der Waals surface area contributed by atoms with Crippen LogP contribution in [-0.4, -0.2) is 52.6 Å². The fourth-order valence-electron chi connectivity index (χ4n) is 3.66. The molecule has 2 aromatic carbocycles. The van der Waals surface area contributed by atoms with Crippen LogP contribution in [0.1, 0.15) is 6.92 Å². The Labute approximate surface area is 171 Å². The molecule has 1 aliphatic heterocycles. The number of benzene rings is 2. The summed E-state index contributed by atoms with van der Waals surface area (Å²) in [4.78, 5) is 21.3. The lowest BCUT2D eigenvalue weighted by Crippen LogP contribution is -2.52. The molecule has 4 rings (SSSR count). The lowest BCUT2D eigenvalue weighted by atomic mass is 10.1. The molecule has 1 amide bonds. The highest BCUT2D eigenvalue weighted by molar-refractivity contribution is 5.81. The summed E-state index contributed by atoms with van der Waals surface area (Å²) in [6, 6.07) is 18.1. The van der Waals surface area contributed by atoms with Crippen LogP contribution >= 0.6 is 0 Å². The van der Waals surface area contributed by atoms with Crippen molar-refractivity contribution in [2.24, 2.45) is 7.05 Å². The molecule has 29 heavy (non-hydrogen) atoms. The third kappa shape index (κ3) is 4.26. The molecule has 6 heteroatoms. The van der Waals surface area contributed by atoms with Crippen molar-refractivity contribution in [1.29, 1.82) is 0 Å². The minimum Gasteiger partial charge on any atom is -0.481 e. The van der Waals surface area contributed by atoms with Gasteiger partial charge in [0.25, 0.3) is 5.91 Å². The summed E-state index contributed by atoms with van der Waals surface area (Å²) in [5.41, 5.74) is 2.29. The molecule has 0 aliphatic carbocycles. The van der Waals surface area contributed by atoms with Gasteiger partial charge in [0.05, 0.1) is 0 Å². The average Bonchev–Trinajstić information content (AvgIpc) is 3.20. The van der Waals surface area contributed by atoms with Crippen LogP contribution in [0.2, 0.25) is 0 Å². The van der Waals surface area contributed by atoms with Crippen molar-refractivity contribution in [2.45, 2.75) is 13.0 Å². The Morgan fingerprint density at radius 3 is 2.24 bits per heavy atom. The number of hydrogen-bond donors (Lipinski definition) is 0. The first-order valence-corrected chi connectivity index (χ1v) is 9.95. The highest BCUT2D eigenvalue weighted by Gasteiger charge is 2.27. The lowest BCUT2D eigenvalue weighted by Gasteiger charge is -2.36. The number of nitrogens with zero attached hydrogens (tertiary/aromatic N) is 4. The van der Waals surface area contributed by atoms with Crippen molar-refractivity contribution in [3.05, 3.63) is 67.0 Å². The molecule has 0 unspecified atom stereocenters. The van der Waals surface area contributed by atoms with E-state index in [1.165, 1.54) is 0 Å². The number of piperazine rings is 1. The van der Waals surface area contributed by atoms with Crippen molar-refractivity contribution in [2.75, 3.05) is 31.1 Å². The van der Waals surface area contributed by atoms with Crippen LogP contribution in [0.15, 0.2) is 67.0 Å². The fourth-order valence-corrected chi connectivity index (χ4v) is 3.66. The normalized spacial score (nSPS) is 15.2. The molecule has 0 saturated carbocycles. The van der Waals surface area contributed by atoms with Gasteiger partial charge in [0, 0.05) is 45.6 Å². The molecule has 1 aromatic heterocycles. The highest BCUT2D eigenvalue weighted by atomic mass is 16.5. The van der Waals surface area contributed by atoms with E-state index in [9.17, 15) is 4.79 Å². The zero-order valence-electron chi connectivity index (χ0n) is 16.9. The van der Waals surface area contributed by atoms with Crippen LogP contribution in [0, 0.1) is 0 Å². The molecule has 1 fully saturated rings. The van der Waals surface area contributed by atoms with Gasteiger partial charge in [-0.1, -0.05) is 42.5 Å². The van der Waals surface area contributed by atoms with Gasteiger partial charge in [-0.25, -0.2) is 4.98 Å². The van der Waals surface area contributed by atoms with Crippen LogP contribution in [-0.2, 0) is 11.8 Å². The summed E-state index contributed by atoms with van der Waals surface area (Å²) in [6.07, 6.45) is 3.22. The zero-order chi connectivity index (χ0) is 20.2. The van der Waals surface area contributed by atoms with E-state index in [4.69, 9.17) is 4.74 Å². The van der Waals surface area contributed by atoms with E-state index in [0.29, 0.717) is 18.8 Å². The Bertz CT molecular complexity index is 945. The number of anilines is 1. The Morgan fingerprint density at radius 2 is 1.62 bits per heavy atom. The summed E-state index contributed by atoms with van der Waals surface area (Å²) in [5, 5.41) is 0. The Balaban J connectivity index is 1.32. The Kier molecular flexibility index (Phi) is 5.51. The topological polar surface area (TPSA) is 50.6 Å². The molecule has 6 nitrogen and oxygen atoms in total. The van der Waals surface area contributed by atoms with E-state index < -0.39 is 6.10 Å². The van der Waals surface area contributed by atoms with Gasteiger partial charge in [-0.15, -0.1) is 0 Å². The van der Waals surface area contributed by atoms with Crippen molar-refractivity contribution in [1.82, 2.24) is 14.5 Å². The van der Waals surface area contributed by atoms with Gasteiger partial charge >= 0.3 is 0 Å². The van der Waals surface area contributed by atoms with Crippen molar-refractivity contribution >= 4 is 11.9 Å². The van der Waals surface area contributed by atoms with Crippen LogP contribution < -0.4 is 9.64 Å². The number of rotatable bonds is 5.